The fourth-order valence-corrected chi connectivity index (χ4v) is 1.12. The number of hydrogen-bond acceptors (Lipinski definition) is 3. The van der Waals surface area contributed by atoms with E-state index in [-0.39, 0.29) is 5.91 Å². The molecule has 0 aliphatic rings. The van der Waals surface area contributed by atoms with Crippen molar-refractivity contribution >= 4 is 5.91 Å². The lowest BCUT2D eigenvalue weighted by atomic mass is 10.2. The number of carbonyl (C=O) groups is 1. The third kappa shape index (κ3) is 4.09. The highest BCUT2D eigenvalue weighted by Gasteiger charge is 2.01. The second kappa shape index (κ2) is 6.21. The molecule has 0 bridgehead atoms. The Morgan fingerprint density at radius 2 is 2.36 bits per heavy atom. The van der Waals surface area contributed by atoms with Gasteiger partial charge < -0.3 is 15.5 Å². The lowest BCUT2D eigenvalue weighted by molar-refractivity contribution is -0.121. The summed E-state index contributed by atoms with van der Waals surface area (Å²) in [6.07, 6.45) is 3.88. The molecule has 0 aliphatic heterocycles. The van der Waals surface area contributed by atoms with Gasteiger partial charge in [-0.25, -0.2) is 0 Å². The van der Waals surface area contributed by atoms with Crippen molar-refractivity contribution in [1.29, 1.82) is 0 Å². The lowest BCUT2D eigenvalue weighted by Crippen LogP contribution is -2.22. The summed E-state index contributed by atoms with van der Waals surface area (Å²) in [5.74, 6) is 0.826. The molecule has 0 radical (unpaired) electrons. The number of amides is 1. The number of rotatable bonds is 6. The topological polar surface area (TPSA) is 68.3 Å². The van der Waals surface area contributed by atoms with Crippen LogP contribution in [0.25, 0.3) is 0 Å². The predicted octanol–water partition coefficient (Wildman–Crippen LogP) is 1.02. The molecule has 1 rings (SSSR count). The number of hydrogen-bond donors (Lipinski definition) is 2. The van der Waals surface area contributed by atoms with Crippen LogP contribution < -0.4 is 11.1 Å². The number of unbranched alkanes of at least 4 members (excludes halogenated alkanes) is 1. The van der Waals surface area contributed by atoms with E-state index in [0.29, 0.717) is 19.5 Å². The Morgan fingerprint density at radius 3 is 3.00 bits per heavy atom. The standard InChI is InChI=1S/C10H16N2O2/c11-6-2-1-5-10(13)12-8-9-4-3-7-14-9/h3-4,7H,1-2,5-6,8,11H2,(H,12,13). The number of nitrogens with one attached hydrogen (secondary N) is 1. The van der Waals surface area contributed by atoms with Gasteiger partial charge in [0.15, 0.2) is 0 Å². The lowest BCUT2D eigenvalue weighted by Gasteiger charge is -2.02. The summed E-state index contributed by atoms with van der Waals surface area (Å²) in [4.78, 5) is 11.2. The summed E-state index contributed by atoms with van der Waals surface area (Å²) in [5.41, 5.74) is 5.32. The van der Waals surface area contributed by atoms with E-state index in [0.717, 1.165) is 18.6 Å². The molecule has 1 aromatic heterocycles. The number of furan rings is 1. The molecule has 4 heteroatoms. The van der Waals surface area contributed by atoms with Crippen LogP contribution in [0.4, 0.5) is 0 Å². The predicted molar refractivity (Wildman–Crippen MR) is 53.5 cm³/mol. The van der Waals surface area contributed by atoms with Crippen molar-refractivity contribution in [1.82, 2.24) is 5.32 Å². The van der Waals surface area contributed by atoms with Gasteiger partial charge in [-0.1, -0.05) is 0 Å². The normalized spacial score (nSPS) is 10.1. The molecule has 0 unspecified atom stereocenters. The van der Waals surface area contributed by atoms with Crippen LogP contribution in [-0.4, -0.2) is 12.5 Å². The van der Waals surface area contributed by atoms with Gasteiger partial charge in [-0.05, 0) is 31.5 Å². The zero-order chi connectivity index (χ0) is 10.2. The molecule has 14 heavy (non-hydrogen) atoms. The van der Waals surface area contributed by atoms with E-state index in [9.17, 15) is 4.79 Å². The van der Waals surface area contributed by atoms with Gasteiger partial charge in [0.05, 0.1) is 12.8 Å². The summed E-state index contributed by atoms with van der Waals surface area (Å²) in [6.45, 7) is 1.11. The van der Waals surface area contributed by atoms with Crippen molar-refractivity contribution in [2.45, 2.75) is 25.8 Å². The summed E-state index contributed by atoms with van der Waals surface area (Å²) in [5, 5.41) is 2.77. The molecule has 0 aromatic carbocycles. The van der Waals surface area contributed by atoms with Gasteiger partial charge in [-0.2, -0.15) is 0 Å². The Balaban J connectivity index is 2.09. The summed E-state index contributed by atoms with van der Waals surface area (Å²) >= 11 is 0. The average molecular weight is 196 g/mol. The van der Waals surface area contributed by atoms with Crippen LogP contribution in [0.5, 0.6) is 0 Å². The third-order valence-electron chi connectivity index (χ3n) is 1.90. The number of carbonyl (C=O) groups excluding carboxylic acids is 1. The monoisotopic (exact) mass is 196 g/mol. The van der Waals surface area contributed by atoms with Crippen LogP contribution in [0.15, 0.2) is 22.8 Å². The van der Waals surface area contributed by atoms with E-state index in [2.05, 4.69) is 5.32 Å². The molecule has 0 atom stereocenters. The second-order valence-electron chi connectivity index (χ2n) is 3.10. The van der Waals surface area contributed by atoms with Crippen molar-refractivity contribution in [3.63, 3.8) is 0 Å². The molecule has 1 amide bonds. The maximum Gasteiger partial charge on any atom is 0.220 e. The Labute approximate surface area is 83.5 Å². The summed E-state index contributed by atoms with van der Waals surface area (Å²) in [7, 11) is 0. The Morgan fingerprint density at radius 1 is 1.50 bits per heavy atom. The van der Waals surface area contributed by atoms with Crippen LogP contribution in [0.2, 0.25) is 0 Å². The Hall–Kier alpha value is -1.29. The quantitative estimate of drug-likeness (QED) is 0.667. The van der Waals surface area contributed by atoms with E-state index in [1.165, 1.54) is 0 Å². The average Bonchev–Trinajstić information content (AvgIpc) is 2.68. The molecule has 78 valence electrons. The molecular weight excluding hydrogens is 180 g/mol. The molecule has 0 saturated carbocycles. The van der Waals surface area contributed by atoms with Gasteiger partial charge in [0.1, 0.15) is 5.76 Å². The van der Waals surface area contributed by atoms with Crippen molar-refractivity contribution in [2.24, 2.45) is 5.73 Å². The van der Waals surface area contributed by atoms with Crippen LogP contribution in [0.3, 0.4) is 0 Å². The van der Waals surface area contributed by atoms with Crippen LogP contribution in [0.1, 0.15) is 25.0 Å². The summed E-state index contributed by atoms with van der Waals surface area (Å²) in [6, 6.07) is 3.63. The minimum Gasteiger partial charge on any atom is -0.467 e. The van der Waals surface area contributed by atoms with Crippen molar-refractivity contribution < 1.29 is 9.21 Å². The highest BCUT2D eigenvalue weighted by molar-refractivity contribution is 5.75. The first-order valence-corrected chi connectivity index (χ1v) is 4.82. The molecular formula is C10H16N2O2. The van der Waals surface area contributed by atoms with Gasteiger partial charge in [0.2, 0.25) is 5.91 Å². The zero-order valence-electron chi connectivity index (χ0n) is 8.16. The Kier molecular flexibility index (Phi) is 4.78. The molecule has 1 aromatic rings. The van der Waals surface area contributed by atoms with Gasteiger partial charge in [-0.15, -0.1) is 0 Å². The van der Waals surface area contributed by atoms with Gasteiger partial charge in [0.25, 0.3) is 0 Å². The van der Waals surface area contributed by atoms with Crippen molar-refractivity contribution in [2.75, 3.05) is 6.54 Å². The fraction of sp³-hybridized carbons (Fsp3) is 0.500. The molecule has 3 N–H and O–H groups in total. The van der Waals surface area contributed by atoms with E-state index in [4.69, 9.17) is 10.2 Å². The minimum absolute atomic E-state index is 0.0508. The van der Waals surface area contributed by atoms with Crippen molar-refractivity contribution in [3.05, 3.63) is 24.2 Å². The van der Waals surface area contributed by atoms with Crippen molar-refractivity contribution in [3.8, 4) is 0 Å². The smallest absolute Gasteiger partial charge is 0.220 e. The van der Waals surface area contributed by atoms with Gasteiger partial charge in [0, 0.05) is 6.42 Å². The van der Waals surface area contributed by atoms with Gasteiger partial charge >= 0.3 is 0 Å². The van der Waals surface area contributed by atoms with E-state index < -0.39 is 0 Å². The second-order valence-corrected chi connectivity index (χ2v) is 3.10. The molecule has 1 heterocycles. The SMILES string of the molecule is NCCCCC(=O)NCc1ccco1. The summed E-state index contributed by atoms with van der Waals surface area (Å²) < 4.78 is 5.07. The van der Waals surface area contributed by atoms with Crippen LogP contribution >= 0.6 is 0 Å². The Bertz CT molecular complexity index is 257. The van der Waals surface area contributed by atoms with E-state index in [1.54, 1.807) is 12.3 Å². The first-order valence-electron chi connectivity index (χ1n) is 4.82. The fourth-order valence-electron chi connectivity index (χ4n) is 1.12. The maximum atomic E-state index is 11.2. The van der Waals surface area contributed by atoms with Crippen LogP contribution in [0, 0.1) is 0 Å². The van der Waals surface area contributed by atoms with E-state index in [1.807, 2.05) is 6.07 Å². The molecule has 0 fully saturated rings. The van der Waals surface area contributed by atoms with Crippen LogP contribution in [-0.2, 0) is 11.3 Å². The highest BCUT2D eigenvalue weighted by atomic mass is 16.3. The largest absolute Gasteiger partial charge is 0.467 e. The molecule has 0 aliphatic carbocycles. The van der Waals surface area contributed by atoms with E-state index >= 15 is 0 Å². The van der Waals surface area contributed by atoms with Gasteiger partial charge in [-0.3, -0.25) is 4.79 Å². The zero-order valence-corrected chi connectivity index (χ0v) is 8.16. The highest BCUT2D eigenvalue weighted by Crippen LogP contribution is 1.99. The first kappa shape index (κ1) is 10.8. The number of nitrogens with two attached hydrogens (primary N) is 1. The maximum absolute atomic E-state index is 11.2. The molecule has 4 nitrogen and oxygen atoms in total. The first-order chi connectivity index (χ1) is 6.83. The third-order valence-corrected chi connectivity index (χ3v) is 1.90. The minimum atomic E-state index is 0.0508. The molecule has 0 saturated heterocycles. The molecule has 0 spiro atoms.